The minimum absolute atomic E-state index is 0.215. The molecule has 3 aromatic carbocycles. The quantitative estimate of drug-likeness (QED) is 0.451. The van der Waals surface area contributed by atoms with Gasteiger partial charge in [-0.2, -0.15) is 0 Å². The molecule has 6 rings (SSSR count). The number of hydrogen-bond donors (Lipinski definition) is 2. The number of aromatic nitrogens is 1. The Hall–Kier alpha value is -4.07. The summed E-state index contributed by atoms with van der Waals surface area (Å²) in [4.78, 5) is 33.4. The first-order chi connectivity index (χ1) is 17.2. The Morgan fingerprint density at radius 1 is 0.914 bits per heavy atom. The molecule has 2 unspecified atom stereocenters. The van der Waals surface area contributed by atoms with Crippen molar-refractivity contribution in [2.24, 2.45) is 0 Å². The Labute approximate surface area is 202 Å². The van der Waals surface area contributed by atoms with E-state index in [1.165, 1.54) is 0 Å². The van der Waals surface area contributed by atoms with Crippen molar-refractivity contribution in [3.8, 4) is 0 Å². The van der Waals surface area contributed by atoms with E-state index in [1.54, 1.807) is 6.20 Å². The van der Waals surface area contributed by atoms with Crippen molar-refractivity contribution >= 4 is 28.5 Å². The number of hydrogen-bond acceptors (Lipinski definition) is 6. The van der Waals surface area contributed by atoms with Crippen molar-refractivity contribution in [2.75, 3.05) is 18.4 Å². The fourth-order valence-corrected chi connectivity index (χ4v) is 5.23. The molecule has 2 saturated heterocycles. The first-order valence-corrected chi connectivity index (χ1v) is 11.7. The van der Waals surface area contributed by atoms with Gasteiger partial charge in [-0.1, -0.05) is 66.7 Å². The predicted molar refractivity (Wildman–Crippen MR) is 132 cm³/mol. The zero-order chi connectivity index (χ0) is 23.8. The molecule has 2 aliphatic heterocycles. The van der Waals surface area contributed by atoms with Crippen molar-refractivity contribution in [1.29, 1.82) is 0 Å². The topological polar surface area (TPSA) is 83.6 Å². The Bertz CT molecular complexity index is 1350. The van der Waals surface area contributed by atoms with Crippen LogP contribution < -0.4 is 10.6 Å². The monoisotopic (exact) mass is 464 g/mol. The second-order valence-electron chi connectivity index (χ2n) is 8.76. The molecule has 0 aliphatic carbocycles. The number of pyridine rings is 1. The van der Waals surface area contributed by atoms with Crippen molar-refractivity contribution in [3.63, 3.8) is 0 Å². The molecule has 7 nitrogen and oxygen atoms in total. The summed E-state index contributed by atoms with van der Waals surface area (Å²) < 4.78 is 6.23. The molecule has 174 valence electrons. The van der Waals surface area contributed by atoms with Crippen molar-refractivity contribution < 1.29 is 14.3 Å². The normalized spacial score (nSPS) is 21.3. The number of anilines is 1. The van der Waals surface area contributed by atoms with Crippen LogP contribution in [0.3, 0.4) is 0 Å². The molecular weight excluding hydrogens is 440 g/mol. The number of rotatable bonds is 4. The summed E-state index contributed by atoms with van der Waals surface area (Å²) in [5.74, 6) is -0.565. The number of amides is 1. The third-order valence-electron chi connectivity index (χ3n) is 6.77. The van der Waals surface area contributed by atoms with Gasteiger partial charge >= 0.3 is 5.97 Å². The Morgan fingerprint density at radius 3 is 2.34 bits per heavy atom. The van der Waals surface area contributed by atoms with Crippen LogP contribution in [0.25, 0.3) is 10.9 Å². The zero-order valence-electron chi connectivity index (χ0n) is 18.9. The first kappa shape index (κ1) is 21.5. The second-order valence-corrected chi connectivity index (χ2v) is 8.76. The predicted octanol–water partition coefficient (Wildman–Crippen LogP) is 3.27. The molecule has 2 aliphatic rings. The lowest BCUT2D eigenvalue weighted by molar-refractivity contribution is -0.152. The number of nitrogens with one attached hydrogen (secondary N) is 2. The van der Waals surface area contributed by atoms with Crippen LogP contribution >= 0.6 is 0 Å². The van der Waals surface area contributed by atoms with E-state index >= 15 is 0 Å². The van der Waals surface area contributed by atoms with Gasteiger partial charge in [0.15, 0.2) is 0 Å². The van der Waals surface area contributed by atoms with E-state index in [1.807, 2.05) is 95.9 Å². The molecule has 2 atom stereocenters. The van der Waals surface area contributed by atoms with Crippen molar-refractivity contribution in [1.82, 2.24) is 15.2 Å². The number of nitrogens with zero attached hydrogens (tertiary/aromatic N) is 2. The van der Waals surface area contributed by atoms with Gasteiger partial charge in [0.1, 0.15) is 12.1 Å². The Kier molecular flexibility index (Phi) is 5.28. The lowest BCUT2D eigenvalue weighted by Gasteiger charge is -2.44. The number of ether oxygens (including phenoxy) is 1. The van der Waals surface area contributed by atoms with E-state index in [-0.39, 0.29) is 11.9 Å². The van der Waals surface area contributed by atoms with E-state index in [9.17, 15) is 9.59 Å². The third kappa shape index (κ3) is 3.48. The molecule has 1 aromatic heterocycles. The SMILES string of the molecule is O=C(Nc1cccc2ncccc12)C1CNCC2C(=O)OC(c3ccccc3)(c3ccccc3)N12. The van der Waals surface area contributed by atoms with Crippen LogP contribution in [-0.4, -0.2) is 46.9 Å². The average molecular weight is 465 g/mol. The number of cyclic esters (lactones) is 1. The van der Waals surface area contributed by atoms with Gasteiger partial charge < -0.3 is 15.4 Å². The molecule has 0 spiro atoms. The zero-order valence-corrected chi connectivity index (χ0v) is 18.9. The van der Waals surface area contributed by atoms with Crippen LogP contribution in [0, 0.1) is 0 Å². The van der Waals surface area contributed by atoms with E-state index < -0.39 is 17.8 Å². The van der Waals surface area contributed by atoms with Gasteiger partial charge in [-0.05, 0) is 24.3 Å². The van der Waals surface area contributed by atoms with Crippen molar-refractivity contribution in [2.45, 2.75) is 17.8 Å². The van der Waals surface area contributed by atoms with Gasteiger partial charge in [0, 0.05) is 35.8 Å². The standard InChI is InChI=1S/C28H24N4O3/c33-26(31-23-15-7-14-22-21(23)13-8-16-30-22)24-17-29-18-25-27(34)35-28(32(24)25,19-9-3-1-4-10-19)20-11-5-2-6-12-20/h1-16,24-25,29H,17-18H2,(H,31,33). The molecule has 2 fully saturated rings. The number of piperazine rings is 1. The highest BCUT2D eigenvalue weighted by Crippen LogP contribution is 2.45. The average Bonchev–Trinajstić information content (AvgIpc) is 3.23. The number of fused-ring (bicyclic) bond motifs is 2. The number of benzene rings is 3. The molecule has 0 saturated carbocycles. The van der Waals surface area contributed by atoms with Crippen LogP contribution in [-0.2, 0) is 20.1 Å². The minimum atomic E-state index is -1.21. The first-order valence-electron chi connectivity index (χ1n) is 11.7. The van der Waals surface area contributed by atoms with E-state index in [2.05, 4.69) is 15.6 Å². The summed E-state index contributed by atoms with van der Waals surface area (Å²) in [7, 11) is 0. The Morgan fingerprint density at radius 2 is 1.63 bits per heavy atom. The highest BCUT2D eigenvalue weighted by atomic mass is 16.6. The number of esters is 1. The number of carbonyl (C=O) groups excluding carboxylic acids is 2. The van der Waals surface area contributed by atoms with E-state index in [0.29, 0.717) is 18.8 Å². The van der Waals surface area contributed by atoms with Crippen LogP contribution in [0.1, 0.15) is 11.1 Å². The Balaban J connectivity index is 1.45. The highest BCUT2D eigenvalue weighted by molar-refractivity contribution is 6.03. The lowest BCUT2D eigenvalue weighted by Crippen LogP contribution is -2.65. The fraction of sp³-hybridized carbons (Fsp3) is 0.179. The maximum Gasteiger partial charge on any atom is 0.327 e. The summed E-state index contributed by atoms with van der Waals surface area (Å²) in [5, 5.41) is 7.22. The maximum absolute atomic E-state index is 13.8. The minimum Gasteiger partial charge on any atom is -0.434 e. The molecule has 7 heteroatoms. The van der Waals surface area contributed by atoms with E-state index in [0.717, 1.165) is 22.0 Å². The third-order valence-corrected chi connectivity index (χ3v) is 6.77. The van der Waals surface area contributed by atoms with Gasteiger partial charge in [0.05, 0.1) is 11.2 Å². The van der Waals surface area contributed by atoms with Gasteiger partial charge in [-0.3, -0.25) is 14.6 Å². The molecular formula is C28H24N4O3. The highest BCUT2D eigenvalue weighted by Gasteiger charge is 2.60. The molecule has 4 aromatic rings. The molecule has 0 radical (unpaired) electrons. The van der Waals surface area contributed by atoms with Gasteiger partial charge in [0.2, 0.25) is 11.6 Å². The lowest BCUT2D eigenvalue weighted by atomic mass is 9.90. The number of carbonyl (C=O) groups is 2. The smallest absolute Gasteiger partial charge is 0.327 e. The summed E-state index contributed by atoms with van der Waals surface area (Å²) in [6.45, 7) is 0.783. The molecule has 3 heterocycles. The van der Waals surface area contributed by atoms with Crippen LogP contribution in [0.4, 0.5) is 5.69 Å². The molecule has 2 N–H and O–H groups in total. The van der Waals surface area contributed by atoms with Crippen molar-refractivity contribution in [3.05, 3.63) is 108 Å². The van der Waals surface area contributed by atoms with Crippen LogP contribution in [0.2, 0.25) is 0 Å². The van der Waals surface area contributed by atoms with Crippen LogP contribution in [0.5, 0.6) is 0 Å². The molecule has 1 amide bonds. The molecule has 35 heavy (non-hydrogen) atoms. The summed E-state index contributed by atoms with van der Waals surface area (Å²) >= 11 is 0. The molecule has 0 bridgehead atoms. The largest absolute Gasteiger partial charge is 0.434 e. The van der Waals surface area contributed by atoms with Gasteiger partial charge in [-0.15, -0.1) is 0 Å². The summed E-state index contributed by atoms with van der Waals surface area (Å²) in [5.41, 5.74) is 1.87. The van der Waals surface area contributed by atoms with Crippen LogP contribution in [0.15, 0.2) is 97.2 Å². The fourth-order valence-electron chi connectivity index (χ4n) is 5.23. The summed E-state index contributed by atoms with van der Waals surface area (Å²) in [6, 6.07) is 27.4. The second kappa shape index (κ2) is 8.61. The van der Waals surface area contributed by atoms with Gasteiger partial charge in [-0.25, -0.2) is 4.90 Å². The van der Waals surface area contributed by atoms with Gasteiger partial charge in [0.25, 0.3) is 0 Å². The van der Waals surface area contributed by atoms with E-state index in [4.69, 9.17) is 4.74 Å². The summed E-state index contributed by atoms with van der Waals surface area (Å²) in [6.07, 6.45) is 1.73. The maximum atomic E-state index is 13.8.